The second-order valence-corrected chi connectivity index (χ2v) is 4.79. The Balaban J connectivity index is 1.92. The third-order valence-corrected chi connectivity index (χ3v) is 3.43. The number of nitrogens with one attached hydrogen (secondary N) is 1. The van der Waals surface area contributed by atoms with E-state index in [2.05, 4.69) is 21.1 Å². The van der Waals surface area contributed by atoms with Crippen LogP contribution >= 0.6 is 11.3 Å². The molecule has 0 radical (unpaired) electrons. The average molecular weight is 281 g/mol. The fourth-order valence-electron chi connectivity index (χ4n) is 1.68. The summed E-state index contributed by atoms with van der Waals surface area (Å²) in [5, 5.41) is 4.90. The molecular weight excluding hydrogens is 270 g/mol. The molecule has 0 saturated heterocycles. The Labute approximate surface area is 121 Å². The average Bonchev–Trinajstić information content (AvgIpc) is 2.96. The molecule has 1 aromatic heterocycles. The SMILES string of the molecule is [C-]#[N+]c1ccccc1CCNC(=O)c1csc(C#C)n1. The maximum Gasteiger partial charge on any atom is 0.270 e. The predicted molar refractivity (Wildman–Crippen MR) is 78.8 cm³/mol. The minimum absolute atomic E-state index is 0.247. The van der Waals surface area contributed by atoms with E-state index < -0.39 is 0 Å². The van der Waals surface area contributed by atoms with Crippen molar-refractivity contribution in [3.8, 4) is 12.3 Å². The Bertz CT molecular complexity index is 706. The molecule has 98 valence electrons. The number of terminal acetylenes is 1. The number of aromatic nitrogens is 1. The molecule has 4 nitrogen and oxygen atoms in total. The number of para-hydroxylation sites is 1. The number of rotatable bonds is 4. The van der Waals surface area contributed by atoms with E-state index in [1.807, 2.05) is 18.2 Å². The molecule has 0 aliphatic carbocycles. The van der Waals surface area contributed by atoms with Crippen LogP contribution in [0.3, 0.4) is 0 Å². The van der Waals surface area contributed by atoms with Crippen LogP contribution in [0.15, 0.2) is 29.6 Å². The lowest BCUT2D eigenvalue weighted by Gasteiger charge is -2.05. The fourth-order valence-corrected chi connectivity index (χ4v) is 2.28. The summed E-state index contributed by atoms with van der Waals surface area (Å²) in [6, 6.07) is 7.36. The summed E-state index contributed by atoms with van der Waals surface area (Å²) in [5.41, 5.74) is 1.87. The van der Waals surface area contributed by atoms with Crippen molar-refractivity contribution < 1.29 is 4.79 Å². The van der Waals surface area contributed by atoms with Gasteiger partial charge in [-0.25, -0.2) is 9.83 Å². The van der Waals surface area contributed by atoms with E-state index in [0.717, 1.165) is 5.56 Å². The van der Waals surface area contributed by atoms with Gasteiger partial charge in [0.1, 0.15) is 5.69 Å². The zero-order valence-corrected chi connectivity index (χ0v) is 11.4. The summed E-state index contributed by atoms with van der Waals surface area (Å²) in [5.74, 6) is 2.15. The van der Waals surface area contributed by atoms with Crippen molar-refractivity contribution in [2.45, 2.75) is 6.42 Å². The third-order valence-electron chi connectivity index (χ3n) is 2.65. The topological polar surface area (TPSA) is 46.4 Å². The number of carbonyl (C=O) groups is 1. The number of hydrogen-bond donors (Lipinski definition) is 1. The van der Waals surface area contributed by atoms with E-state index in [-0.39, 0.29) is 5.91 Å². The molecule has 20 heavy (non-hydrogen) atoms. The highest BCUT2D eigenvalue weighted by Crippen LogP contribution is 2.18. The molecular formula is C15H11N3OS. The highest BCUT2D eigenvalue weighted by atomic mass is 32.1. The maximum atomic E-state index is 11.8. The lowest BCUT2D eigenvalue weighted by atomic mass is 10.1. The van der Waals surface area contributed by atoms with Gasteiger partial charge in [0.15, 0.2) is 10.7 Å². The molecule has 2 aromatic rings. The summed E-state index contributed by atoms with van der Waals surface area (Å²) in [7, 11) is 0. The molecule has 1 N–H and O–H groups in total. The fraction of sp³-hybridized carbons (Fsp3) is 0.133. The number of nitrogens with zero attached hydrogens (tertiary/aromatic N) is 2. The number of hydrogen-bond acceptors (Lipinski definition) is 3. The minimum Gasteiger partial charge on any atom is -0.350 e. The molecule has 0 spiro atoms. The van der Waals surface area contributed by atoms with Crippen LogP contribution in [0.1, 0.15) is 21.1 Å². The van der Waals surface area contributed by atoms with Gasteiger partial charge in [-0.1, -0.05) is 24.3 Å². The third kappa shape index (κ3) is 3.23. The molecule has 2 rings (SSSR count). The zero-order chi connectivity index (χ0) is 14.4. The summed E-state index contributed by atoms with van der Waals surface area (Å²) in [6.07, 6.45) is 5.82. The second-order valence-electron chi connectivity index (χ2n) is 3.93. The van der Waals surface area contributed by atoms with Crippen LogP contribution in [-0.2, 0) is 6.42 Å². The van der Waals surface area contributed by atoms with Crippen LogP contribution in [0, 0.1) is 18.9 Å². The van der Waals surface area contributed by atoms with Crippen molar-refractivity contribution in [2.24, 2.45) is 0 Å². The van der Waals surface area contributed by atoms with Crippen LogP contribution in [0.2, 0.25) is 0 Å². The normalized spacial score (nSPS) is 9.50. The number of thiazole rings is 1. The van der Waals surface area contributed by atoms with Gasteiger partial charge in [-0.05, 0) is 17.9 Å². The Morgan fingerprint density at radius 2 is 2.30 bits per heavy atom. The van der Waals surface area contributed by atoms with Gasteiger partial charge in [0.25, 0.3) is 5.91 Å². The van der Waals surface area contributed by atoms with Gasteiger partial charge in [-0.15, -0.1) is 17.8 Å². The Morgan fingerprint density at radius 1 is 1.50 bits per heavy atom. The van der Waals surface area contributed by atoms with Crippen LogP contribution < -0.4 is 5.32 Å². The van der Waals surface area contributed by atoms with Crippen LogP contribution in [0.5, 0.6) is 0 Å². The highest BCUT2D eigenvalue weighted by molar-refractivity contribution is 7.10. The van der Waals surface area contributed by atoms with E-state index in [4.69, 9.17) is 13.0 Å². The molecule has 0 aliphatic rings. The van der Waals surface area contributed by atoms with Crippen molar-refractivity contribution in [3.63, 3.8) is 0 Å². The molecule has 0 atom stereocenters. The molecule has 0 fully saturated rings. The van der Waals surface area contributed by atoms with Gasteiger partial charge in [-0.2, -0.15) is 0 Å². The molecule has 5 heteroatoms. The number of benzene rings is 1. The van der Waals surface area contributed by atoms with Gasteiger partial charge in [0, 0.05) is 11.9 Å². The van der Waals surface area contributed by atoms with Crippen molar-refractivity contribution in [3.05, 3.63) is 57.3 Å². The van der Waals surface area contributed by atoms with Gasteiger partial charge in [-0.3, -0.25) is 4.79 Å². The first-order valence-corrected chi connectivity index (χ1v) is 6.78. The quantitative estimate of drug-likeness (QED) is 0.692. The van der Waals surface area contributed by atoms with Gasteiger partial charge in [0.05, 0.1) is 6.57 Å². The first-order chi connectivity index (χ1) is 9.74. The predicted octanol–water partition coefficient (Wildman–Crippen LogP) is 2.65. The van der Waals surface area contributed by atoms with Gasteiger partial charge >= 0.3 is 0 Å². The largest absolute Gasteiger partial charge is 0.350 e. The van der Waals surface area contributed by atoms with Crippen LogP contribution in [-0.4, -0.2) is 17.4 Å². The Hall–Kier alpha value is -2.63. The summed E-state index contributed by atoms with van der Waals surface area (Å²) in [4.78, 5) is 19.3. The Morgan fingerprint density at radius 3 is 3.00 bits per heavy atom. The molecule has 1 amide bonds. The summed E-state index contributed by atoms with van der Waals surface area (Å²) < 4.78 is 0. The molecule has 0 bridgehead atoms. The second kappa shape index (κ2) is 6.51. The van der Waals surface area contributed by atoms with Crippen molar-refractivity contribution in [1.29, 1.82) is 0 Å². The van der Waals surface area contributed by atoms with Crippen molar-refractivity contribution in [1.82, 2.24) is 10.3 Å². The monoisotopic (exact) mass is 281 g/mol. The maximum absolute atomic E-state index is 11.8. The van der Waals surface area contributed by atoms with Crippen molar-refractivity contribution in [2.75, 3.05) is 6.54 Å². The zero-order valence-electron chi connectivity index (χ0n) is 10.6. The highest BCUT2D eigenvalue weighted by Gasteiger charge is 2.09. The van der Waals surface area contributed by atoms with Crippen molar-refractivity contribution >= 4 is 22.9 Å². The van der Waals surface area contributed by atoms with E-state index in [9.17, 15) is 4.79 Å². The first-order valence-electron chi connectivity index (χ1n) is 5.90. The number of amides is 1. The lowest BCUT2D eigenvalue weighted by molar-refractivity contribution is 0.0950. The lowest BCUT2D eigenvalue weighted by Crippen LogP contribution is -2.26. The summed E-state index contributed by atoms with van der Waals surface area (Å²) in [6.45, 7) is 7.53. The van der Waals surface area contributed by atoms with E-state index in [0.29, 0.717) is 29.4 Å². The summed E-state index contributed by atoms with van der Waals surface area (Å²) >= 11 is 1.27. The van der Waals surface area contributed by atoms with Crippen LogP contribution in [0.4, 0.5) is 5.69 Å². The van der Waals surface area contributed by atoms with Gasteiger partial charge in [0.2, 0.25) is 0 Å². The Kier molecular flexibility index (Phi) is 4.49. The minimum atomic E-state index is -0.247. The number of carbonyl (C=O) groups excluding carboxylic acids is 1. The van der Waals surface area contributed by atoms with E-state index >= 15 is 0 Å². The molecule has 0 aliphatic heterocycles. The standard InChI is InChI=1S/C15H11N3OS/c1-3-14-18-13(10-20-14)15(19)17-9-8-11-6-4-5-7-12(11)16-2/h1,4-7,10H,8-9H2,(H,17,19). The van der Waals surface area contributed by atoms with E-state index in [1.54, 1.807) is 11.4 Å². The first kappa shape index (κ1) is 13.8. The van der Waals surface area contributed by atoms with Crippen LogP contribution in [0.25, 0.3) is 4.85 Å². The molecule has 0 unspecified atom stereocenters. The molecule has 1 heterocycles. The smallest absolute Gasteiger partial charge is 0.270 e. The van der Waals surface area contributed by atoms with E-state index in [1.165, 1.54) is 11.3 Å². The molecule has 1 aromatic carbocycles. The molecule has 0 saturated carbocycles. The van der Waals surface area contributed by atoms with Gasteiger partial charge < -0.3 is 5.32 Å².